The molecule has 0 amide bonds. The van der Waals surface area contributed by atoms with Gasteiger partial charge >= 0.3 is 0 Å². The number of nitrogens with zero attached hydrogens (tertiary/aromatic N) is 1. The Morgan fingerprint density at radius 3 is 2.23 bits per heavy atom. The van der Waals surface area contributed by atoms with Crippen LogP contribution < -0.4 is 10.0 Å². The molecule has 1 aromatic heterocycles. The first-order chi connectivity index (χ1) is 12.4. The second-order valence-corrected chi connectivity index (χ2v) is 7.74. The van der Waals surface area contributed by atoms with Gasteiger partial charge in [0.15, 0.2) is 10.7 Å². The van der Waals surface area contributed by atoms with E-state index in [2.05, 4.69) is 34.3 Å². The van der Waals surface area contributed by atoms with E-state index < -0.39 is 10.0 Å². The highest BCUT2D eigenvalue weighted by Gasteiger charge is 2.24. The van der Waals surface area contributed by atoms with Crippen LogP contribution in [0.4, 0.5) is 11.4 Å². The first-order valence-electron chi connectivity index (χ1n) is 8.21. The Hall–Kier alpha value is -2.80. The van der Waals surface area contributed by atoms with Crippen molar-refractivity contribution in [3.8, 4) is 0 Å². The third-order valence-corrected chi connectivity index (χ3v) is 5.74. The Morgan fingerprint density at radius 1 is 0.962 bits per heavy atom. The highest BCUT2D eigenvalue weighted by molar-refractivity contribution is 7.92. The monoisotopic (exact) mass is 371 g/mol. The molecular formula is C19H21N3O3S. The molecule has 1 heterocycles. The summed E-state index contributed by atoms with van der Waals surface area (Å²) < 4.78 is 32.5. The fourth-order valence-corrected chi connectivity index (χ4v) is 4.12. The van der Waals surface area contributed by atoms with Crippen LogP contribution in [-0.2, 0) is 16.6 Å². The number of rotatable bonds is 6. The first kappa shape index (κ1) is 18.0. The predicted octanol–water partition coefficient (Wildman–Crippen LogP) is 4.01. The normalized spacial score (nSPS) is 11.3. The van der Waals surface area contributed by atoms with Crippen molar-refractivity contribution in [1.82, 2.24) is 5.16 Å². The van der Waals surface area contributed by atoms with Crippen molar-refractivity contribution in [2.75, 3.05) is 10.0 Å². The molecule has 3 rings (SSSR count). The summed E-state index contributed by atoms with van der Waals surface area (Å²) in [6, 6.07) is 15.3. The minimum Gasteiger partial charge on any atom is -0.381 e. The van der Waals surface area contributed by atoms with Crippen molar-refractivity contribution in [2.45, 2.75) is 32.2 Å². The number of nitrogens with one attached hydrogen (secondary N) is 2. The van der Waals surface area contributed by atoms with Crippen LogP contribution in [0.1, 0.15) is 22.6 Å². The molecule has 0 bridgehead atoms. The van der Waals surface area contributed by atoms with E-state index >= 15 is 0 Å². The van der Waals surface area contributed by atoms with E-state index in [1.807, 2.05) is 24.3 Å². The molecule has 0 aliphatic heterocycles. The summed E-state index contributed by atoms with van der Waals surface area (Å²) in [6.07, 6.45) is 0. The molecule has 0 saturated carbocycles. The molecule has 0 saturated heterocycles. The van der Waals surface area contributed by atoms with E-state index in [0.717, 1.165) is 5.69 Å². The summed E-state index contributed by atoms with van der Waals surface area (Å²) in [4.78, 5) is 0.0826. The summed E-state index contributed by atoms with van der Waals surface area (Å²) >= 11 is 0. The molecule has 0 fully saturated rings. The molecule has 0 spiro atoms. The first-order valence-corrected chi connectivity index (χ1v) is 9.69. The molecule has 26 heavy (non-hydrogen) atoms. The smallest absolute Gasteiger partial charge is 0.267 e. The van der Waals surface area contributed by atoms with Gasteiger partial charge in [0.2, 0.25) is 0 Å². The van der Waals surface area contributed by atoms with Crippen LogP contribution in [0.2, 0.25) is 0 Å². The maximum absolute atomic E-state index is 12.5. The molecule has 2 aromatic carbocycles. The van der Waals surface area contributed by atoms with E-state index in [4.69, 9.17) is 4.52 Å². The van der Waals surface area contributed by atoms with Gasteiger partial charge in [-0.15, -0.1) is 0 Å². The molecule has 0 aliphatic carbocycles. The molecule has 0 unspecified atom stereocenters. The van der Waals surface area contributed by atoms with Crippen LogP contribution in [0.15, 0.2) is 57.9 Å². The quantitative estimate of drug-likeness (QED) is 0.684. The number of benzene rings is 2. The molecule has 0 radical (unpaired) electrons. The molecule has 136 valence electrons. The number of aryl methyl sites for hydroxylation is 3. The molecule has 6 nitrogen and oxygen atoms in total. The zero-order valence-corrected chi connectivity index (χ0v) is 15.7. The molecular weight excluding hydrogens is 350 g/mol. The summed E-state index contributed by atoms with van der Waals surface area (Å²) in [5, 5.41) is 7.03. The van der Waals surface area contributed by atoms with Gasteiger partial charge in [0.25, 0.3) is 10.0 Å². The largest absolute Gasteiger partial charge is 0.381 e. The van der Waals surface area contributed by atoms with Gasteiger partial charge in [-0.3, -0.25) is 4.72 Å². The second kappa shape index (κ2) is 7.21. The molecule has 0 atom stereocenters. The van der Waals surface area contributed by atoms with E-state index in [1.54, 1.807) is 26.0 Å². The fraction of sp³-hybridized carbons (Fsp3) is 0.211. The minimum absolute atomic E-state index is 0.0826. The minimum atomic E-state index is -3.73. The van der Waals surface area contributed by atoms with Crippen LogP contribution in [0.5, 0.6) is 0 Å². The lowest BCUT2D eigenvalue weighted by Crippen LogP contribution is -2.14. The second-order valence-electron chi connectivity index (χ2n) is 6.12. The number of aromatic nitrogens is 1. The number of anilines is 2. The van der Waals surface area contributed by atoms with Crippen molar-refractivity contribution in [1.29, 1.82) is 0 Å². The van der Waals surface area contributed by atoms with Crippen molar-refractivity contribution < 1.29 is 12.9 Å². The van der Waals surface area contributed by atoms with Gasteiger partial charge in [0.1, 0.15) is 5.69 Å². The van der Waals surface area contributed by atoms with Gasteiger partial charge in [-0.05, 0) is 56.2 Å². The Labute approximate surface area is 153 Å². The third-order valence-electron chi connectivity index (χ3n) is 4.12. The summed E-state index contributed by atoms with van der Waals surface area (Å²) in [6.45, 7) is 5.96. The Kier molecular flexibility index (Phi) is 4.99. The van der Waals surface area contributed by atoms with Crippen molar-refractivity contribution in [3.63, 3.8) is 0 Å². The van der Waals surface area contributed by atoms with Crippen LogP contribution in [0.25, 0.3) is 0 Å². The zero-order chi connectivity index (χ0) is 18.7. The fourth-order valence-electron chi connectivity index (χ4n) is 2.73. The topological polar surface area (TPSA) is 84.2 Å². The van der Waals surface area contributed by atoms with Gasteiger partial charge in [-0.1, -0.05) is 29.4 Å². The summed E-state index contributed by atoms with van der Waals surface area (Å²) in [5.41, 5.74) is 4.17. The lowest BCUT2D eigenvalue weighted by Gasteiger charge is -2.11. The van der Waals surface area contributed by atoms with E-state index in [0.29, 0.717) is 17.9 Å². The molecule has 7 heteroatoms. The zero-order valence-electron chi connectivity index (χ0n) is 14.9. The van der Waals surface area contributed by atoms with Gasteiger partial charge < -0.3 is 9.84 Å². The number of hydrogen-bond acceptors (Lipinski definition) is 5. The predicted molar refractivity (Wildman–Crippen MR) is 102 cm³/mol. The Balaban J connectivity index is 1.69. The van der Waals surface area contributed by atoms with Crippen LogP contribution in [-0.4, -0.2) is 13.6 Å². The number of hydrogen-bond donors (Lipinski definition) is 2. The standard InChI is InChI=1S/C19H21N3O3S/c1-13-6-4-5-7-16(13)12-20-17-8-10-18(11-9-17)22-26(23,24)19-14(2)21-25-15(19)3/h4-11,20,22H,12H2,1-3H3. The average Bonchev–Trinajstić information content (AvgIpc) is 2.94. The maximum Gasteiger partial charge on any atom is 0.267 e. The van der Waals surface area contributed by atoms with Gasteiger partial charge in [-0.2, -0.15) is 0 Å². The van der Waals surface area contributed by atoms with E-state index in [9.17, 15) is 8.42 Å². The van der Waals surface area contributed by atoms with E-state index in [1.165, 1.54) is 11.1 Å². The lowest BCUT2D eigenvalue weighted by molar-refractivity contribution is 0.390. The molecule has 3 aromatic rings. The van der Waals surface area contributed by atoms with Crippen molar-refractivity contribution in [2.24, 2.45) is 0 Å². The van der Waals surface area contributed by atoms with Gasteiger partial charge in [-0.25, -0.2) is 8.42 Å². The summed E-state index contributed by atoms with van der Waals surface area (Å²) in [7, 11) is -3.73. The summed E-state index contributed by atoms with van der Waals surface area (Å²) in [5.74, 6) is 0.270. The molecule has 2 N–H and O–H groups in total. The Morgan fingerprint density at radius 2 is 1.62 bits per heavy atom. The number of sulfonamides is 1. The van der Waals surface area contributed by atoms with E-state index in [-0.39, 0.29) is 10.7 Å². The SMILES string of the molecule is Cc1ccccc1CNc1ccc(NS(=O)(=O)c2c(C)noc2C)cc1. The molecule has 0 aliphatic rings. The van der Waals surface area contributed by atoms with Crippen LogP contribution in [0, 0.1) is 20.8 Å². The maximum atomic E-state index is 12.5. The van der Waals surface area contributed by atoms with Crippen LogP contribution in [0.3, 0.4) is 0 Å². The van der Waals surface area contributed by atoms with Gasteiger partial charge in [0, 0.05) is 17.9 Å². The van der Waals surface area contributed by atoms with Gasteiger partial charge in [0.05, 0.1) is 0 Å². The highest BCUT2D eigenvalue weighted by atomic mass is 32.2. The highest BCUT2D eigenvalue weighted by Crippen LogP contribution is 2.23. The van der Waals surface area contributed by atoms with Crippen molar-refractivity contribution in [3.05, 3.63) is 71.1 Å². The third kappa shape index (κ3) is 3.88. The van der Waals surface area contributed by atoms with Crippen LogP contribution >= 0.6 is 0 Å². The average molecular weight is 371 g/mol. The van der Waals surface area contributed by atoms with Crippen molar-refractivity contribution >= 4 is 21.4 Å². The lowest BCUT2D eigenvalue weighted by atomic mass is 10.1. The Bertz CT molecular complexity index is 989.